The number of aliphatic hydroxyl groups is 2. The van der Waals surface area contributed by atoms with Crippen LogP contribution in [-0.4, -0.2) is 47.4 Å². The molecule has 0 saturated heterocycles. The van der Waals surface area contributed by atoms with E-state index in [0.29, 0.717) is 25.9 Å². The van der Waals surface area contributed by atoms with Crippen molar-refractivity contribution < 1.29 is 24.5 Å². The zero-order valence-corrected chi connectivity index (χ0v) is 52.2. The maximum Gasteiger partial charge on any atom is 0.305 e. The molecule has 0 spiro atoms. The van der Waals surface area contributed by atoms with Gasteiger partial charge in [-0.1, -0.05) is 353 Å². The quantitative estimate of drug-likeness (QED) is 0.0320. The molecule has 0 heterocycles. The molecule has 0 aromatic heterocycles. The van der Waals surface area contributed by atoms with E-state index in [1.807, 2.05) is 0 Å². The van der Waals surface area contributed by atoms with Crippen LogP contribution < -0.4 is 5.32 Å². The van der Waals surface area contributed by atoms with E-state index in [1.165, 1.54) is 308 Å². The van der Waals surface area contributed by atoms with Crippen molar-refractivity contribution in [2.75, 3.05) is 13.2 Å². The second kappa shape index (κ2) is 66.8. The van der Waals surface area contributed by atoms with Crippen LogP contribution in [-0.2, 0) is 14.3 Å². The highest BCUT2D eigenvalue weighted by Gasteiger charge is 2.20. The summed E-state index contributed by atoms with van der Waals surface area (Å²) in [5.74, 6) is -0.0223. The van der Waals surface area contributed by atoms with E-state index in [9.17, 15) is 19.8 Å². The number of unbranched alkanes of at least 4 members (excludes halogenated alkanes) is 51. The zero-order valence-electron chi connectivity index (χ0n) is 52.2. The monoisotopic (exact) mass is 1080 g/mol. The van der Waals surface area contributed by atoms with E-state index in [4.69, 9.17) is 4.74 Å². The Hall–Kier alpha value is -1.66. The van der Waals surface area contributed by atoms with Gasteiger partial charge in [-0.3, -0.25) is 9.59 Å². The van der Waals surface area contributed by atoms with Gasteiger partial charge in [0.05, 0.1) is 25.4 Å². The third-order valence-electron chi connectivity index (χ3n) is 16.5. The van der Waals surface area contributed by atoms with Crippen molar-refractivity contribution in [1.29, 1.82) is 0 Å². The predicted molar refractivity (Wildman–Crippen MR) is 338 cm³/mol. The van der Waals surface area contributed by atoms with E-state index in [-0.39, 0.29) is 18.5 Å². The molecule has 1 amide bonds. The summed E-state index contributed by atoms with van der Waals surface area (Å²) in [6.07, 6.45) is 83.7. The molecule has 3 N–H and O–H groups in total. The van der Waals surface area contributed by atoms with Gasteiger partial charge in [-0.2, -0.15) is 0 Å². The first-order chi connectivity index (χ1) is 38.0. The maximum absolute atomic E-state index is 12.5. The summed E-state index contributed by atoms with van der Waals surface area (Å²) in [7, 11) is 0. The van der Waals surface area contributed by atoms with E-state index >= 15 is 0 Å². The molecule has 2 unspecified atom stereocenters. The second-order valence-corrected chi connectivity index (χ2v) is 24.2. The normalized spacial score (nSPS) is 12.6. The third kappa shape index (κ3) is 63.4. The summed E-state index contributed by atoms with van der Waals surface area (Å²) in [6, 6.07) is -0.538. The van der Waals surface area contributed by atoms with Crippen LogP contribution in [0.3, 0.4) is 0 Å². The number of hydrogen-bond donors (Lipinski definition) is 3. The number of nitrogens with one attached hydrogen (secondary N) is 1. The highest BCUT2D eigenvalue weighted by molar-refractivity contribution is 5.76. The van der Waals surface area contributed by atoms with Crippen molar-refractivity contribution in [1.82, 2.24) is 5.32 Å². The van der Waals surface area contributed by atoms with Crippen molar-refractivity contribution in [3.8, 4) is 0 Å². The molecule has 0 radical (unpaired) electrons. The van der Waals surface area contributed by atoms with Crippen LogP contribution in [0, 0.1) is 0 Å². The molecular weight excluding hydrogens is 947 g/mol. The van der Waals surface area contributed by atoms with Crippen molar-refractivity contribution in [2.45, 2.75) is 405 Å². The fourth-order valence-electron chi connectivity index (χ4n) is 11.2. The summed E-state index contributed by atoms with van der Waals surface area (Å²) in [4.78, 5) is 24.6. The lowest BCUT2D eigenvalue weighted by molar-refractivity contribution is -0.143. The molecular formula is C71H137NO5. The van der Waals surface area contributed by atoms with Gasteiger partial charge in [0, 0.05) is 12.8 Å². The van der Waals surface area contributed by atoms with Gasteiger partial charge in [-0.15, -0.1) is 0 Å². The van der Waals surface area contributed by atoms with Crippen LogP contribution in [0.5, 0.6) is 0 Å². The maximum atomic E-state index is 12.5. The van der Waals surface area contributed by atoms with Crippen LogP contribution in [0.25, 0.3) is 0 Å². The summed E-state index contributed by atoms with van der Waals surface area (Å²) in [6.45, 7) is 4.92. The molecule has 0 aromatic rings. The first kappa shape index (κ1) is 75.3. The van der Waals surface area contributed by atoms with E-state index in [1.54, 1.807) is 0 Å². The molecule has 77 heavy (non-hydrogen) atoms. The smallest absolute Gasteiger partial charge is 0.305 e. The molecule has 0 fully saturated rings. The highest BCUT2D eigenvalue weighted by Crippen LogP contribution is 2.19. The SMILES string of the molecule is CCC/C=C\C/C=C\CCCCCCCC(=O)OCCCCCCCCCCCCCCCCCCCCCCCCCCCCCCCCC(=O)NC(CO)C(O)CCCCCCCCCCCCCCCCCCC. The highest BCUT2D eigenvalue weighted by atomic mass is 16.5. The molecule has 0 rings (SSSR count). The Morgan fingerprint density at radius 3 is 1.04 bits per heavy atom. The predicted octanol–water partition coefficient (Wildman–Crippen LogP) is 22.5. The Kier molecular flexibility index (Phi) is 65.4. The zero-order chi connectivity index (χ0) is 55.7. The van der Waals surface area contributed by atoms with Gasteiger partial charge in [0.25, 0.3) is 0 Å². The number of amides is 1. The number of hydrogen-bond acceptors (Lipinski definition) is 5. The minimum atomic E-state index is -0.661. The molecule has 6 nitrogen and oxygen atoms in total. The van der Waals surface area contributed by atoms with Gasteiger partial charge in [-0.25, -0.2) is 0 Å². The Bertz CT molecular complexity index is 1200. The van der Waals surface area contributed by atoms with Crippen molar-refractivity contribution in [3.63, 3.8) is 0 Å². The molecule has 2 atom stereocenters. The average Bonchev–Trinajstić information content (AvgIpc) is 3.43. The van der Waals surface area contributed by atoms with Gasteiger partial charge in [0.15, 0.2) is 0 Å². The Labute approximate surface area is 481 Å². The van der Waals surface area contributed by atoms with Gasteiger partial charge in [-0.05, 0) is 51.4 Å². The molecule has 0 bridgehead atoms. The Balaban J connectivity index is 3.33. The lowest BCUT2D eigenvalue weighted by atomic mass is 10.0. The molecule has 0 saturated carbocycles. The van der Waals surface area contributed by atoms with Crippen LogP contribution in [0.2, 0.25) is 0 Å². The number of allylic oxidation sites excluding steroid dienone is 4. The summed E-state index contributed by atoms with van der Waals surface area (Å²) in [5, 5.41) is 23.4. The number of ether oxygens (including phenoxy) is 1. The minimum absolute atomic E-state index is 0.00524. The molecule has 0 aromatic carbocycles. The number of rotatable bonds is 66. The summed E-state index contributed by atoms with van der Waals surface area (Å²) < 4.78 is 5.48. The fraction of sp³-hybridized carbons (Fsp3) is 0.915. The summed E-state index contributed by atoms with van der Waals surface area (Å²) >= 11 is 0. The van der Waals surface area contributed by atoms with E-state index in [0.717, 1.165) is 51.4 Å². The number of carbonyl (C=O) groups is 2. The number of aliphatic hydroxyl groups excluding tert-OH is 2. The van der Waals surface area contributed by atoms with Crippen LogP contribution in [0.1, 0.15) is 393 Å². The molecule has 0 aliphatic carbocycles. The van der Waals surface area contributed by atoms with Crippen LogP contribution in [0.4, 0.5) is 0 Å². The van der Waals surface area contributed by atoms with Crippen molar-refractivity contribution >= 4 is 11.9 Å². The topological polar surface area (TPSA) is 95.9 Å². The molecule has 456 valence electrons. The minimum Gasteiger partial charge on any atom is -0.466 e. The van der Waals surface area contributed by atoms with Crippen molar-refractivity contribution in [3.05, 3.63) is 24.3 Å². The third-order valence-corrected chi connectivity index (χ3v) is 16.5. The van der Waals surface area contributed by atoms with E-state index in [2.05, 4.69) is 43.5 Å². The lowest BCUT2D eigenvalue weighted by Crippen LogP contribution is -2.45. The van der Waals surface area contributed by atoms with Crippen molar-refractivity contribution in [2.24, 2.45) is 0 Å². The van der Waals surface area contributed by atoms with Crippen LogP contribution >= 0.6 is 0 Å². The first-order valence-corrected chi connectivity index (χ1v) is 35.1. The van der Waals surface area contributed by atoms with Gasteiger partial charge >= 0.3 is 5.97 Å². The molecule has 0 aliphatic heterocycles. The lowest BCUT2D eigenvalue weighted by Gasteiger charge is -2.22. The number of carbonyl (C=O) groups excluding carboxylic acids is 2. The van der Waals surface area contributed by atoms with Gasteiger partial charge in [0.1, 0.15) is 0 Å². The average molecular weight is 1080 g/mol. The van der Waals surface area contributed by atoms with Crippen LogP contribution in [0.15, 0.2) is 24.3 Å². The Morgan fingerprint density at radius 1 is 0.364 bits per heavy atom. The Morgan fingerprint density at radius 2 is 0.675 bits per heavy atom. The molecule has 6 heteroatoms. The number of esters is 1. The second-order valence-electron chi connectivity index (χ2n) is 24.2. The molecule has 0 aliphatic rings. The van der Waals surface area contributed by atoms with Gasteiger partial charge < -0.3 is 20.3 Å². The van der Waals surface area contributed by atoms with E-state index < -0.39 is 12.1 Å². The summed E-state index contributed by atoms with van der Waals surface area (Å²) in [5.41, 5.74) is 0. The largest absolute Gasteiger partial charge is 0.466 e. The first-order valence-electron chi connectivity index (χ1n) is 35.1. The standard InChI is InChI=1S/C71H137NO5/c1-3-5-7-9-11-13-15-17-18-33-36-40-43-47-51-55-59-63-69(74)68(67-73)72-70(75)64-60-56-52-48-44-41-37-34-31-29-27-25-23-21-19-20-22-24-26-28-30-32-35-38-42-46-50-54-58-62-66-77-71(76)65-61-57-53-49-45-39-16-14-12-10-8-6-4-2/h8,10,14,16,68-69,73-74H,3-7,9,11-13,15,17-67H2,1-2H3,(H,72,75)/b10-8-,16-14-. The fourth-order valence-corrected chi connectivity index (χ4v) is 11.2. The van der Waals surface area contributed by atoms with Gasteiger partial charge in [0.2, 0.25) is 5.91 Å².